The number of aliphatic hydroxyl groups is 2. The van der Waals surface area contributed by atoms with Crippen LogP contribution in [0, 0.1) is 0 Å². The summed E-state index contributed by atoms with van der Waals surface area (Å²) in [5.41, 5.74) is -2.84. The van der Waals surface area contributed by atoms with Gasteiger partial charge in [0.05, 0.1) is 12.5 Å². The minimum Gasteiger partial charge on any atom is -0.466 e. The Morgan fingerprint density at radius 1 is 0.500 bits per heavy atom. The Morgan fingerprint density at radius 2 is 0.885 bits per heavy atom. The average molecular weight is 346 g/mol. The summed E-state index contributed by atoms with van der Waals surface area (Å²) in [6, 6.07) is 24.5. The van der Waals surface area contributed by atoms with Gasteiger partial charge in [-0.15, -0.1) is 0 Å². The predicted octanol–water partition coefficient (Wildman–Crippen LogP) is 4.04. The van der Waals surface area contributed by atoms with Crippen LogP contribution in [0.3, 0.4) is 0 Å². The van der Waals surface area contributed by atoms with E-state index >= 15 is 0 Å². The summed E-state index contributed by atoms with van der Waals surface area (Å²) in [5.74, 6) is 0.429. The molecule has 0 saturated carbocycles. The van der Waals surface area contributed by atoms with Crippen LogP contribution in [-0.2, 0) is 11.2 Å². The zero-order chi connectivity index (χ0) is 18.0. The third-order valence-electron chi connectivity index (χ3n) is 4.66. The van der Waals surface area contributed by atoms with Crippen LogP contribution in [0.15, 0.2) is 106 Å². The highest BCUT2D eigenvalue weighted by Crippen LogP contribution is 2.49. The Morgan fingerprint density at radius 3 is 1.19 bits per heavy atom. The normalized spacial score (nSPS) is 15.9. The molecule has 4 nitrogen and oxygen atoms in total. The van der Waals surface area contributed by atoms with Crippen LogP contribution in [0.5, 0.6) is 0 Å². The fraction of sp³-hybridized carbons (Fsp3) is 0.0909. The van der Waals surface area contributed by atoms with Gasteiger partial charge in [-0.25, -0.2) is 0 Å². The predicted molar refractivity (Wildman–Crippen MR) is 96.3 cm³/mol. The zero-order valence-electron chi connectivity index (χ0n) is 13.9. The first-order chi connectivity index (χ1) is 12.7. The summed E-state index contributed by atoms with van der Waals surface area (Å²) in [6.45, 7) is 0. The van der Waals surface area contributed by atoms with Crippen LogP contribution in [0.4, 0.5) is 0 Å². The Kier molecular flexibility index (Phi) is 3.99. The standard InChI is InChI=1S/C22H18O4/c23-21(19-13-7-15-25-19,17-9-3-1-4-10-17)22(24,20-14-8-16-26-20)18-11-5-2-6-12-18/h1-16,23-24H/t21-,22+. The van der Waals surface area contributed by atoms with E-state index < -0.39 is 11.2 Å². The second kappa shape index (κ2) is 6.33. The van der Waals surface area contributed by atoms with Gasteiger partial charge in [0, 0.05) is 0 Å². The SMILES string of the molecule is O[C@](c1ccccc1)(c1ccco1)[C@](O)(c1ccccc1)c1ccco1. The van der Waals surface area contributed by atoms with Gasteiger partial charge < -0.3 is 19.0 Å². The van der Waals surface area contributed by atoms with E-state index in [9.17, 15) is 10.2 Å². The van der Waals surface area contributed by atoms with Gasteiger partial charge in [0.25, 0.3) is 0 Å². The minimum atomic E-state index is -1.91. The molecule has 4 rings (SSSR count). The molecule has 4 heteroatoms. The summed E-state index contributed by atoms with van der Waals surface area (Å²) in [4.78, 5) is 0. The summed E-state index contributed by atoms with van der Waals surface area (Å²) < 4.78 is 11.1. The molecule has 2 N–H and O–H groups in total. The third-order valence-corrected chi connectivity index (χ3v) is 4.66. The van der Waals surface area contributed by atoms with Crippen molar-refractivity contribution in [3.05, 3.63) is 120 Å². The Bertz CT molecular complexity index is 864. The lowest BCUT2D eigenvalue weighted by molar-refractivity contribution is -0.133. The van der Waals surface area contributed by atoms with Crippen molar-refractivity contribution in [2.24, 2.45) is 0 Å². The van der Waals surface area contributed by atoms with E-state index in [0.29, 0.717) is 11.1 Å². The van der Waals surface area contributed by atoms with Gasteiger partial charge in [0.1, 0.15) is 11.5 Å². The van der Waals surface area contributed by atoms with Gasteiger partial charge in [-0.2, -0.15) is 0 Å². The topological polar surface area (TPSA) is 66.7 Å². The molecule has 0 unspecified atom stereocenters. The van der Waals surface area contributed by atoms with Gasteiger partial charge in [-0.3, -0.25) is 0 Å². The van der Waals surface area contributed by atoms with Crippen LogP contribution in [0.2, 0.25) is 0 Å². The Labute approximate surface area is 151 Å². The monoisotopic (exact) mass is 346 g/mol. The van der Waals surface area contributed by atoms with E-state index in [1.165, 1.54) is 12.5 Å². The number of hydrogen-bond donors (Lipinski definition) is 2. The molecule has 0 bridgehead atoms. The van der Waals surface area contributed by atoms with Crippen molar-refractivity contribution in [1.29, 1.82) is 0 Å². The summed E-state index contributed by atoms with van der Waals surface area (Å²) >= 11 is 0. The van der Waals surface area contributed by atoms with Gasteiger partial charge in [-0.05, 0) is 35.4 Å². The second-order valence-corrected chi connectivity index (χ2v) is 6.11. The van der Waals surface area contributed by atoms with E-state index in [1.807, 2.05) is 12.1 Å². The summed E-state index contributed by atoms with van der Waals surface area (Å²) in [6.07, 6.45) is 2.94. The Balaban J connectivity index is 2.07. The molecule has 0 spiro atoms. The molecule has 0 amide bonds. The van der Waals surface area contributed by atoms with Crippen LogP contribution in [-0.4, -0.2) is 10.2 Å². The molecule has 130 valence electrons. The van der Waals surface area contributed by atoms with Crippen molar-refractivity contribution in [3.63, 3.8) is 0 Å². The van der Waals surface area contributed by atoms with Crippen molar-refractivity contribution >= 4 is 0 Å². The van der Waals surface area contributed by atoms with Crippen LogP contribution >= 0.6 is 0 Å². The van der Waals surface area contributed by atoms with Crippen LogP contribution in [0.25, 0.3) is 0 Å². The quantitative estimate of drug-likeness (QED) is 0.572. The number of hydrogen-bond acceptors (Lipinski definition) is 4. The lowest BCUT2D eigenvalue weighted by Gasteiger charge is -2.41. The Hall–Kier alpha value is -3.08. The first kappa shape index (κ1) is 16.4. The van der Waals surface area contributed by atoms with Crippen molar-refractivity contribution in [1.82, 2.24) is 0 Å². The molecular weight excluding hydrogens is 328 g/mol. The minimum absolute atomic E-state index is 0.214. The van der Waals surface area contributed by atoms with Crippen molar-refractivity contribution < 1.29 is 19.0 Å². The van der Waals surface area contributed by atoms with Crippen LogP contribution < -0.4 is 0 Å². The molecule has 0 aliphatic heterocycles. The van der Waals surface area contributed by atoms with E-state index in [1.54, 1.807) is 72.8 Å². The largest absolute Gasteiger partial charge is 0.466 e. The smallest absolute Gasteiger partial charge is 0.187 e. The number of benzene rings is 2. The van der Waals surface area contributed by atoms with Crippen molar-refractivity contribution in [3.8, 4) is 0 Å². The molecule has 2 aromatic heterocycles. The van der Waals surface area contributed by atoms with Crippen molar-refractivity contribution in [2.45, 2.75) is 11.2 Å². The van der Waals surface area contributed by atoms with Gasteiger partial charge >= 0.3 is 0 Å². The molecule has 4 aromatic rings. The van der Waals surface area contributed by atoms with E-state index in [4.69, 9.17) is 8.83 Å². The molecule has 0 fully saturated rings. The van der Waals surface area contributed by atoms with E-state index in [-0.39, 0.29) is 11.5 Å². The first-order valence-corrected chi connectivity index (χ1v) is 8.31. The lowest BCUT2D eigenvalue weighted by Crippen LogP contribution is -2.50. The molecule has 2 heterocycles. The highest BCUT2D eigenvalue weighted by molar-refractivity contribution is 5.45. The second-order valence-electron chi connectivity index (χ2n) is 6.11. The van der Waals surface area contributed by atoms with E-state index in [0.717, 1.165) is 0 Å². The molecule has 0 saturated heterocycles. The van der Waals surface area contributed by atoms with Crippen LogP contribution in [0.1, 0.15) is 22.6 Å². The maximum atomic E-state index is 12.0. The lowest BCUT2D eigenvalue weighted by atomic mass is 9.70. The molecule has 2 aromatic carbocycles. The highest BCUT2D eigenvalue weighted by atomic mass is 16.4. The van der Waals surface area contributed by atoms with Crippen molar-refractivity contribution in [2.75, 3.05) is 0 Å². The zero-order valence-corrected chi connectivity index (χ0v) is 13.9. The average Bonchev–Trinajstić information content (AvgIpc) is 3.42. The molecule has 26 heavy (non-hydrogen) atoms. The fourth-order valence-corrected chi connectivity index (χ4v) is 3.39. The molecular formula is C22H18O4. The fourth-order valence-electron chi connectivity index (χ4n) is 3.39. The molecule has 0 aliphatic rings. The molecule has 2 atom stereocenters. The first-order valence-electron chi connectivity index (χ1n) is 8.31. The maximum absolute atomic E-state index is 12.0. The summed E-state index contributed by atoms with van der Waals surface area (Å²) in [7, 11) is 0. The molecule has 0 aliphatic carbocycles. The number of rotatable bonds is 5. The number of furan rings is 2. The van der Waals surface area contributed by atoms with Gasteiger partial charge in [0.15, 0.2) is 11.2 Å². The third kappa shape index (κ3) is 2.31. The van der Waals surface area contributed by atoms with Gasteiger partial charge in [0.2, 0.25) is 0 Å². The van der Waals surface area contributed by atoms with Gasteiger partial charge in [-0.1, -0.05) is 60.7 Å². The summed E-state index contributed by atoms with van der Waals surface area (Å²) in [5, 5.41) is 24.0. The highest BCUT2D eigenvalue weighted by Gasteiger charge is 2.58. The van der Waals surface area contributed by atoms with E-state index in [2.05, 4.69) is 0 Å². The molecule has 0 radical (unpaired) electrons. The maximum Gasteiger partial charge on any atom is 0.187 e.